The molecule has 7 heteroatoms. The van der Waals surface area contributed by atoms with E-state index in [2.05, 4.69) is 15.7 Å². The molecule has 0 radical (unpaired) electrons. The molecule has 0 bridgehead atoms. The Morgan fingerprint density at radius 2 is 1.96 bits per heavy atom. The Bertz CT molecular complexity index is 885. The van der Waals surface area contributed by atoms with Gasteiger partial charge < -0.3 is 15.1 Å². The maximum Gasteiger partial charge on any atom is 0.315 e. The minimum absolute atomic E-state index is 0.215. The summed E-state index contributed by atoms with van der Waals surface area (Å²) in [6.45, 7) is 2.55. The molecule has 0 saturated heterocycles. The van der Waals surface area contributed by atoms with Gasteiger partial charge in [0.15, 0.2) is 0 Å². The number of halogens is 1. The van der Waals surface area contributed by atoms with Crippen LogP contribution >= 0.6 is 0 Å². The van der Waals surface area contributed by atoms with Crippen molar-refractivity contribution in [2.24, 2.45) is 7.05 Å². The molecule has 3 rings (SSSR count). The molecular formula is C18H19FN4O2. The van der Waals surface area contributed by atoms with Gasteiger partial charge in [0, 0.05) is 24.8 Å². The highest BCUT2D eigenvalue weighted by Crippen LogP contribution is 2.24. The lowest BCUT2D eigenvalue weighted by atomic mass is 10.1. The van der Waals surface area contributed by atoms with Gasteiger partial charge >= 0.3 is 6.03 Å². The number of carbonyl (C=O) groups excluding carboxylic acids is 1. The monoisotopic (exact) mass is 342 g/mol. The van der Waals surface area contributed by atoms with Crippen LogP contribution in [0.5, 0.6) is 0 Å². The molecule has 130 valence electrons. The minimum atomic E-state index is -0.346. The average molecular weight is 342 g/mol. The third-order valence-electron chi connectivity index (χ3n) is 4.00. The van der Waals surface area contributed by atoms with Crippen LogP contribution in [0.25, 0.3) is 11.3 Å². The van der Waals surface area contributed by atoms with Gasteiger partial charge in [-0.3, -0.25) is 4.68 Å². The summed E-state index contributed by atoms with van der Waals surface area (Å²) >= 11 is 0. The van der Waals surface area contributed by atoms with E-state index in [0.717, 1.165) is 11.3 Å². The first kappa shape index (κ1) is 16.8. The molecule has 0 saturated carbocycles. The van der Waals surface area contributed by atoms with Gasteiger partial charge in [-0.25, -0.2) is 9.18 Å². The Morgan fingerprint density at radius 1 is 1.20 bits per heavy atom. The lowest BCUT2D eigenvalue weighted by molar-refractivity contribution is 0.239. The van der Waals surface area contributed by atoms with Gasteiger partial charge in [-0.05, 0) is 31.2 Å². The van der Waals surface area contributed by atoms with Crippen LogP contribution in [0.15, 0.2) is 47.0 Å². The first-order chi connectivity index (χ1) is 12.0. The molecule has 2 N–H and O–H groups in total. The smallest absolute Gasteiger partial charge is 0.315 e. The van der Waals surface area contributed by atoms with E-state index in [4.69, 9.17) is 4.42 Å². The van der Waals surface area contributed by atoms with Crippen LogP contribution in [0.4, 0.5) is 9.18 Å². The van der Waals surface area contributed by atoms with Gasteiger partial charge in [0.2, 0.25) is 0 Å². The summed E-state index contributed by atoms with van der Waals surface area (Å²) in [5, 5.41) is 9.60. The summed E-state index contributed by atoms with van der Waals surface area (Å²) in [5.41, 5.74) is 2.35. The number of nitrogens with one attached hydrogen (secondary N) is 2. The fourth-order valence-corrected chi connectivity index (χ4v) is 2.40. The Kier molecular flexibility index (Phi) is 4.83. The number of nitrogens with zero attached hydrogens (tertiary/aromatic N) is 2. The van der Waals surface area contributed by atoms with Crippen molar-refractivity contribution in [3.63, 3.8) is 0 Å². The maximum absolute atomic E-state index is 13.7. The second kappa shape index (κ2) is 7.21. The third kappa shape index (κ3) is 3.88. The van der Waals surface area contributed by atoms with E-state index in [1.807, 2.05) is 14.0 Å². The van der Waals surface area contributed by atoms with Crippen molar-refractivity contribution in [3.05, 3.63) is 65.4 Å². The molecule has 2 aromatic heterocycles. The number of amides is 2. The van der Waals surface area contributed by atoms with Crippen LogP contribution in [0, 0.1) is 12.7 Å². The third-order valence-corrected chi connectivity index (χ3v) is 4.00. The quantitative estimate of drug-likeness (QED) is 0.748. The Morgan fingerprint density at radius 3 is 2.68 bits per heavy atom. The van der Waals surface area contributed by atoms with Crippen LogP contribution in [-0.2, 0) is 20.1 Å². The van der Waals surface area contributed by atoms with Crippen LogP contribution in [0.2, 0.25) is 0 Å². The lowest BCUT2D eigenvalue weighted by Gasteiger charge is -2.06. The average Bonchev–Trinajstić information content (AvgIpc) is 3.20. The van der Waals surface area contributed by atoms with Crippen LogP contribution in [0.1, 0.15) is 17.0 Å². The van der Waals surface area contributed by atoms with Crippen LogP contribution < -0.4 is 10.6 Å². The van der Waals surface area contributed by atoms with Crippen molar-refractivity contribution in [2.75, 3.05) is 0 Å². The molecule has 25 heavy (non-hydrogen) atoms. The van der Waals surface area contributed by atoms with Crippen LogP contribution in [0.3, 0.4) is 0 Å². The largest absolute Gasteiger partial charge is 0.459 e. The van der Waals surface area contributed by atoms with Gasteiger partial charge in [0.1, 0.15) is 17.3 Å². The fraction of sp³-hybridized carbons (Fsp3) is 0.222. The van der Waals surface area contributed by atoms with E-state index in [1.54, 1.807) is 41.2 Å². The summed E-state index contributed by atoms with van der Waals surface area (Å²) in [5.74, 6) is 0.633. The molecule has 0 unspecified atom stereocenters. The molecular weight excluding hydrogens is 323 g/mol. The number of hydrogen-bond donors (Lipinski definition) is 2. The molecule has 1 aromatic carbocycles. The topological polar surface area (TPSA) is 72.1 Å². The van der Waals surface area contributed by atoms with E-state index in [0.29, 0.717) is 23.6 Å². The highest BCUT2D eigenvalue weighted by molar-refractivity contribution is 5.73. The lowest BCUT2D eigenvalue weighted by Crippen LogP contribution is -2.34. The Hall–Kier alpha value is -3.09. The predicted molar refractivity (Wildman–Crippen MR) is 91.1 cm³/mol. The van der Waals surface area contributed by atoms with Gasteiger partial charge in [0.25, 0.3) is 0 Å². The molecule has 0 fully saturated rings. The summed E-state index contributed by atoms with van der Waals surface area (Å²) in [4.78, 5) is 11.9. The second-order valence-corrected chi connectivity index (χ2v) is 5.66. The van der Waals surface area contributed by atoms with Gasteiger partial charge in [0.05, 0.1) is 18.3 Å². The van der Waals surface area contributed by atoms with Crippen molar-refractivity contribution in [1.82, 2.24) is 20.4 Å². The van der Waals surface area contributed by atoms with Gasteiger partial charge in [-0.1, -0.05) is 12.1 Å². The van der Waals surface area contributed by atoms with E-state index in [-0.39, 0.29) is 18.4 Å². The summed E-state index contributed by atoms with van der Waals surface area (Å²) < 4.78 is 21.1. The minimum Gasteiger partial charge on any atom is -0.459 e. The first-order valence-corrected chi connectivity index (χ1v) is 7.87. The van der Waals surface area contributed by atoms with Crippen molar-refractivity contribution >= 4 is 6.03 Å². The fourth-order valence-electron chi connectivity index (χ4n) is 2.40. The molecule has 6 nitrogen and oxygen atoms in total. The normalized spacial score (nSPS) is 10.7. The number of aromatic nitrogens is 2. The second-order valence-electron chi connectivity index (χ2n) is 5.66. The SMILES string of the molecule is Cc1c(CNC(=O)NCc2ccc(-c3ccccc3F)o2)cnn1C. The predicted octanol–water partition coefficient (Wildman–Crippen LogP) is 3.13. The number of furan rings is 1. The van der Waals surface area contributed by atoms with Gasteiger partial charge in [-0.15, -0.1) is 0 Å². The highest BCUT2D eigenvalue weighted by atomic mass is 19.1. The number of hydrogen-bond acceptors (Lipinski definition) is 3. The number of urea groups is 1. The highest BCUT2D eigenvalue weighted by Gasteiger charge is 2.10. The van der Waals surface area contributed by atoms with Crippen molar-refractivity contribution in [3.8, 4) is 11.3 Å². The van der Waals surface area contributed by atoms with Crippen molar-refractivity contribution in [1.29, 1.82) is 0 Å². The summed E-state index contributed by atoms with van der Waals surface area (Å²) in [6, 6.07) is 9.48. The van der Waals surface area contributed by atoms with E-state index in [9.17, 15) is 9.18 Å². The van der Waals surface area contributed by atoms with Crippen molar-refractivity contribution in [2.45, 2.75) is 20.0 Å². The molecule has 2 heterocycles. The number of carbonyl (C=O) groups is 1. The molecule has 0 atom stereocenters. The Balaban J connectivity index is 1.53. The number of aryl methyl sites for hydroxylation is 1. The number of rotatable bonds is 5. The molecule has 3 aromatic rings. The molecule has 0 aliphatic carbocycles. The Labute approximate surface area is 144 Å². The molecule has 0 spiro atoms. The summed E-state index contributed by atoms with van der Waals surface area (Å²) in [6.07, 6.45) is 1.73. The molecule has 0 aliphatic heterocycles. The summed E-state index contributed by atoms with van der Waals surface area (Å²) in [7, 11) is 1.85. The molecule has 0 aliphatic rings. The zero-order chi connectivity index (χ0) is 17.8. The number of benzene rings is 1. The van der Waals surface area contributed by atoms with E-state index < -0.39 is 0 Å². The van der Waals surface area contributed by atoms with E-state index in [1.165, 1.54) is 6.07 Å². The van der Waals surface area contributed by atoms with Crippen LogP contribution in [-0.4, -0.2) is 15.8 Å². The van der Waals surface area contributed by atoms with E-state index >= 15 is 0 Å². The van der Waals surface area contributed by atoms with Gasteiger partial charge in [-0.2, -0.15) is 5.10 Å². The standard InChI is InChI=1S/C18H19FN4O2/c1-12-13(10-22-23(12)2)9-20-18(24)21-11-14-7-8-17(25-14)15-5-3-4-6-16(15)19/h3-8,10H,9,11H2,1-2H3,(H2,20,21,24). The molecule has 2 amide bonds. The first-order valence-electron chi connectivity index (χ1n) is 7.87. The zero-order valence-corrected chi connectivity index (χ0v) is 14.0. The zero-order valence-electron chi connectivity index (χ0n) is 14.0. The maximum atomic E-state index is 13.7. The van der Waals surface area contributed by atoms with Crippen molar-refractivity contribution < 1.29 is 13.6 Å².